The molecule has 1 N–H and O–H groups in total. The summed E-state index contributed by atoms with van der Waals surface area (Å²) in [7, 11) is -1.90. The first-order valence-electron chi connectivity index (χ1n) is 14.5. The number of imide groups is 1. The maximum absolute atomic E-state index is 14.0. The molecule has 0 fully saturated rings. The van der Waals surface area contributed by atoms with Gasteiger partial charge in [-0.3, -0.25) is 13.9 Å². The van der Waals surface area contributed by atoms with Gasteiger partial charge in [-0.15, -0.1) is 0 Å². The number of likely N-dealkylation sites (N-methyl/N-ethyl adjacent to an activating group) is 2. The largest absolute Gasteiger partial charge is 0.445 e. The average Bonchev–Trinajstić information content (AvgIpc) is 3.08. The summed E-state index contributed by atoms with van der Waals surface area (Å²) in [6.45, 7) is -1.20. The number of rotatable bonds is 12. The summed E-state index contributed by atoms with van der Waals surface area (Å²) < 4.78 is 39.2. The van der Waals surface area contributed by atoms with Crippen LogP contribution in [0.5, 0.6) is 0 Å². The van der Waals surface area contributed by atoms with Gasteiger partial charge in [0.25, 0.3) is 15.9 Å². The Hall–Kier alpha value is -5.40. The van der Waals surface area contributed by atoms with Crippen molar-refractivity contribution in [3.63, 3.8) is 0 Å². The van der Waals surface area contributed by atoms with Crippen LogP contribution >= 0.6 is 11.6 Å². The molecule has 250 valence electrons. The van der Waals surface area contributed by atoms with Gasteiger partial charge in [0.1, 0.15) is 26.3 Å². The lowest BCUT2D eigenvalue weighted by atomic mass is 10.2. The van der Waals surface area contributed by atoms with E-state index in [0.717, 1.165) is 14.8 Å². The third kappa shape index (κ3) is 9.80. The fourth-order valence-electron chi connectivity index (χ4n) is 4.26. The van der Waals surface area contributed by atoms with Crippen LogP contribution in [0.15, 0.2) is 114 Å². The summed E-state index contributed by atoms with van der Waals surface area (Å²) in [5.41, 5.74) is 1.67. The molecule has 4 aromatic carbocycles. The first-order valence-corrected chi connectivity index (χ1v) is 16.3. The molecule has 4 rings (SSSR count). The predicted molar refractivity (Wildman–Crippen MR) is 180 cm³/mol. The van der Waals surface area contributed by atoms with E-state index in [9.17, 15) is 27.6 Å². The van der Waals surface area contributed by atoms with Gasteiger partial charge in [0.2, 0.25) is 5.91 Å². The number of amides is 4. The number of anilines is 2. The molecular weight excluding hydrogens is 660 g/mol. The number of benzene rings is 4. The van der Waals surface area contributed by atoms with Crippen molar-refractivity contribution < 1.29 is 37.1 Å². The van der Waals surface area contributed by atoms with Crippen LogP contribution in [0.3, 0.4) is 0 Å². The van der Waals surface area contributed by atoms with Crippen molar-refractivity contribution in [2.24, 2.45) is 0 Å². The zero-order valence-corrected chi connectivity index (χ0v) is 27.7. The zero-order valence-electron chi connectivity index (χ0n) is 26.1. The second kappa shape index (κ2) is 16.4. The fraction of sp³-hybridized carbons (Fsp3) is 0.176. The average molecular weight is 693 g/mol. The summed E-state index contributed by atoms with van der Waals surface area (Å²) in [6.07, 6.45) is -1.69. The SMILES string of the molecule is CN(CC(=O)Nc1cccc(S(=O)(=O)N(CC(=O)N(C)C(=O)OCc2ccccc2)c2cccc(Cl)c2)c1)C(=O)OCc1ccccc1. The van der Waals surface area contributed by atoms with E-state index >= 15 is 0 Å². The van der Waals surface area contributed by atoms with E-state index in [1.54, 1.807) is 42.5 Å². The van der Waals surface area contributed by atoms with Gasteiger partial charge in [0.05, 0.1) is 10.6 Å². The molecule has 0 saturated heterocycles. The second-order valence-electron chi connectivity index (χ2n) is 10.5. The van der Waals surface area contributed by atoms with Gasteiger partial charge in [0.15, 0.2) is 0 Å². The number of sulfonamides is 1. The summed E-state index contributed by atoms with van der Waals surface area (Å²) >= 11 is 6.16. The summed E-state index contributed by atoms with van der Waals surface area (Å²) in [6, 6.07) is 29.1. The van der Waals surface area contributed by atoms with E-state index in [0.29, 0.717) is 10.5 Å². The maximum atomic E-state index is 14.0. The molecule has 48 heavy (non-hydrogen) atoms. The van der Waals surface area contributed by atoms with Gasteiger partial charge < -0.3 is 19.7 Å². The van der Waals surface area contributed by atoms with E-state index in [-0.39, 0.29) is 41.1 Å². The van der Waals surface area contributed by atoms with E-state index in [2.05, 4.69) is 5.32 Å². The molecule has 14 heteroatoms. The summed E-state index contributed by atoms with van der Waals surface area (Å²) in [5, 5.41) is 2.79. The van der Waals surface area contributed by atoms with Crippen LogP contribution in [0.1, 0.15) is 11.1 Å². The number of hydrogen-bond acceptors (Lipinski definition) is 8. The Kier molecular flexibility index (Phi) is 12.1. The monoisotopic (exact) mass is 692 g/mol. The van der Waals surface area contributed by atoms with Crippen molar-refractivity contribution >= 4 is 57.0 Å². The molecule has 0 heterocycles. The third-order valence-electron chi connectivity index (χ3n) is 6.83. The highest BCUT2D eigenvalue weighted by Crippen LogP contribution is 2.27. The third-order valence-corrected chi connectivity index (χ3v) is 8.84. The number of carbonyl (C=O) groups excluding carboxylic acids is 4. The standard InChI is InChI=1S/C34H33ClN4O8S/c1-37(33(42)46-23-25-11-5-3-6-12-25)21-31(40)36-28-16-10-18-30(20-28)48(44,45)39(29-17-9-15-27(35)19-29)22-32(41)38(2)34(43)47-24-26-13-7-4-8-14-26/h3-20H,21-24H2,1-2H3,(H,36,40). The molecule has 0 radical (unpaired) electrons. The number of carbonyl (C=O) groups is 4. The van der Waals surface area contributed by atoms with E-state index in [1.165, 1.54) is 62.6 Å². The lowest BCUT2D eigenvalue weighted by molar-refractivity contribution is -0.126. The molecule has 4 amide bonds. The van der Waals surface area contributed by atoms with E-state index in [4.69, 9.17) is 21.1 Å². The fourth-order valence-corrected chi connectivity index (χ4v) is 5.90. The molecule has 0 unspecified atom stereocenters. The quantitative estimate of drug-likeness (QED) is 0.204. The number of nitrogens with zero attached hydrogens (tertiary/aromatic N) is 3. The minimum Gasteiger partial charge on any atom is -0.445 e. The molecule has 4 aromatic rings. The number of hydrogen-bond donors (Lipinski definition) is 1. The molecule has 0 aliphatic rings. The molecule has 0 aliphatic heterocycles. The van der Waals surface area contributed by atoms with Gasteiger partial charge in [0, 0.05) is 24.8 Å². The Bertz CT molecular complexity index is 1860. The van der Waals surface area contributed by atoms with Gasteiger partial charge in [-0.1, -0.05) is 84.4 Å². The topological polar surface area (TPSA) is 143 Å². The maximum Gasteiger partial charge on any atom is 0.416 e. The minimum absolute atomic E-state index is 0.0296. The Morgan fingerprint density at radius 1 is 0.708 bits per heavy atom. The van der Waals surface area contributed by atoms with Gasteiger partial charge in [-0.2, -0.15) is 0 Å². The highest BCUT2D eigenvalue weighted by molar-refractivity contribution is 7.92. The lowest BCUT2D eigenvalue weighted by Gasteiger charge is -2.26. The highest BCUT2D eigenvalue weighted by atomic mass is 35.5. The second-order valence-corrected chi connectivity index (χ2v) is 12.8. The van der Waals surface area contributed by atoms with Crippen LogP contribution < -0.4 is 9.62 Å². The van der Waals surface area contributed by atoms with Crippen molar-refractivity contribution in [2.45, 2.75) is 18.1 Å². The Balaban J connectivity index is 1.46. The Labute approximate surface area is 283 Å². The van der Waals surface area contributed by atoms with Crippen LogP contribution in [-0.2, 0) is 42.3 Å². The molecule has 12 nitrogen and oxygen atoms in total. The molecule has 0 aliphatic carbocycles. The van der Waals surface area contributed by atoms with Crippen LogP contribution in [0, 0.1) is 0 Å². The Morgan fingerprint density at radius 3 is 1.90 bits per heavy atom. The summed E-state index contributed by atoms with van der Waals surface area (Å²) in [4.78, 5) is 52.5. The summed E-state index contributed by atoms with van der Waals surface area (Å²) in [5.74, 6) is -1.48. The van der Waals surface area contributed by atoms with Crippen LogP contribution in [-0.4, -0.2) is 69.4 Å². The predicted octanol–water partition coefficient (Wildman–Crippen LogP) is 5.54. The molecular formula is C34H33ClN4O8S. The van der Waals surface area contributed by atoms with Gasteiger partial charge in [-0.05, 0) is 47.5 Å². The Morgan fingerprint density at radius 2 is 1.29 bits per heavy atom. The minimum atomic E-state index is -4.47. The van der Waals surface area contributed by atoms with Crippen molar-refractivity contribution in [3.05, 3.63) is 125 Å². The molecule has 0 saturated carbocycles. The lowest BCUT2D eigenvalue weighted by Crippen LogP contribution is -2.44. The zero-order chi connectivity index (χ0) is 34.7. The van der Waals surface area contributed by atoms with Gasteiger partial charge in [-0.25, -0.2) is 22.9 Å². The van der Waals surface area contributed by atoms with Crippen molar-refractivity contribution in [1.29, 1.82) is 0 Å². The molecule has 0 atom stereocenters. The number of nitrogens with one attached hydrogen (secondary N) is 1. The van der Waals surface area contributed by atoms with Crippen molar-refractivity contribution in [3.8, 4) is 0 Å². The first-order chi connectivity index (χ1) is 22.9. The van der Waals surface area contributed by atoms with Crippen LogP contribution in [0.4, 0.5) is 21.0 Å². The molecule has 0 aromatic heterocycles. The van der Waals surface area contributed by atoms with Crippen LogP contribution in [0.25, 0.3) is 0 Å². The highest BCUT2D eigenvalue weighted by Gasteiger charge is 2.31. The smallest absolute Gasteiger partial charge is 0.416 e. The van der Waals surface area contributed by atoms with Crippen molar-refractivity contribution in [1.82, 2.24) is 9.80 Å². The molecule has 0 spiro atoms. The van der Waals surface area contributed by atoms with Crippen LogP contribution in [0.2, 0.25) is 5.02 Å². The van der Waals surface area contributed by atoms with E-state index < -0.39 is 40.6 Å². The van der Waals surface area contributed by atoms with Crippen molar-refractivity contribution in [2.75, 3.05) is 36.8 Å². The van der Waals surface area contributed by atoms with Gasteiger partial charge >= 0.3 is 12.2 Å². The molecule has 0 bridgehead atoms. The number of halogens is 1. The first kappa shape index (κ1) is 35.5. The van der Waals surface area contributed by atoms with E-state index in [1.807, 2.05) is 18.2 Å². The number of ether oxygens (including phenoxy) is 2. The normalized spacial score (nSPS) is 10.8.